The molecular weight excluding hydrogens is 276 g/mol. The molecule has 3 heteroatoms. The van der Waals surface area contributed by atoms with E-state index in [-0.39, 0.29) is 10.8 Å². The van der Waals surface area contributed by atoms with Crippen molar-refractivity contribution < 1.29 is 14.4 Å². The van der Waals surface area contributed by atoms with Crippen molar-refractivity contribution in [3.05, 3.63) is 0 Å². The Labute approximate surface area is 133 Å². The Morgan fingerprint density at radius 3 is 2.50 bits per heavy atom. The summed E-state index contributed by atoms with van der Waals surface area (Å²) in [5.74, 6) is 2.36. The van der Waals surface area contributed by atoms with Gasteiger partial charge in [-0.3, -0.25) is 4.79 Å². The zero-order valence-electron chi connectivity index (χ0n) is 13.8. The summed E-state index contributed by atoms with van der Waals surface area (Å²) in [6.07, 6.45) is 9.17. The number of fused-ring (bicyclic) bond motifs is 3. The van der Waals surface area contributed by atoms with E-state index in [4.69, 9.17) is 0 Å². The van der Waals surface area contributed by atoms with E-state index in [2.05, 4.69) is 13.8 Å². The van der Waals surface area contributed by atoms with E-state index in [1.165, 1.54) is 0 Å². The largest absolute Gasteiger partial charge is 0.303 e. The van der Waals surface area contributed by atoms with Crippen molar-refractivity contribution in [2.45, 2.75) is 65.2 Å². The molecule has 3 aliphatic rings. The van der Waals surface area contributed by atoms with Gasteiger partial charge in [-0.15, -0.1) is 0 Å². The number of hydrogen-bond donors (Lipinski definition) is 0. The van der Waals surface area contributed by atoms with E-state index in [1.54, 1.807) is 0 Å². The van der Waals surface area contributed by atoms with Crippen LogP contribution in [0.15, 0.2) is 0 Å². The van der Waals surface area contributed by atoms with E-state index in [1.807, 2.05) is 0 Å². The van der Waals surface area contributed by atoms with Gasteiger partial charge >= 0.3 is 0 Å². The molecule has 22 heavy (non-hydrogen) atoms. The molecular formula is C19H28O3. The second kappa shape index (κ2) is 5.58. The van der Waals surface area contributed by atoms with Gasteiger partial charge in [0.05, 0.1) is 0 Å². The fourth-order valence-corrected chi connectivity index (χ4v) is 6.31. The molecule has 0 aromatic rings. The summed E-state index contributed by atoms with van der Waals surface area (Å²) in [5, 5.41) is 0. The lowest BCUT2D eigenvalue weighted by Crippen LogP contribution is -2.52. The normalized spacial score (nSPS) is 47.6. The van der Waals surface area contributed by atoms with Crippen LogP contribution in [-0.4, -0.2) is 18.4 Å². The third kappa shape index (κ3) is 2.11. The first-order valence-electron chi connectivity index (χ1n) is 8.88. The molecule has 0 unspecified atom stereocenters. The fourth-order valence-electron chi connectivity index (χ4n) is 6.31. The zero-order valence-corrected chi connectivity index (χ0v) is 13.8. The van der Waals surface area contributed by atoms with Crippen LogP contribution in [0, 0.1) is 34.5 Å². The first-order chi connectivity index (χ1) is 10.5. The minimum Gasteiger partial charge on any atom is -0.303 e. The summed E-state index contributed by atoms with van der Waals surface area (Å²) >= 11 is 0. The fraction of sp³-hybridized carbons (Fsp3) is 0.842. The Bertz CT molecular complexity index is 485. The number of aldehydes is 2. The first-order valence-corrected chi connectivity index (χ1v) is 8.88. The third-order valence-corrected chi connectivity index (χ3v) is 7.68. The van der Waals surface area contributed by atoms with Crippen LogP contribution >= 0.6 is 0 Å². The number of carbonyl (C=O) groups is 3. The van der Waals surface area contributed by atoms with Crippen LogP contribution in [0.25, 0.3) is 0 Å². The number of carbonyl (C=O) groups excluding carboxylic acids is 3. The van der Waals surface area contributed by atoms with Crippen LogP contribution in [0.5, 0.6) is 0 Å². The quantitative estimate of drug-likeness (QED) is 0.746. The minimum absolute atomic E-state index is 0.0570. The topological polar surface area (TPSA) is 51.2 Å². The van der Waals surface area contributed by atoms with Gasteiger partial charge in [0.25, 0.3) is 0 Å². The van der Waals surface area contributed by atoms with Crippen LogP contribution < -0.4 is 0 Å². The highest BCUT2D eigenvalue weighted by molar-refractivity contribution is 5.87. The first kappa shape index (κ1) is 15.9. The van der Waals surface area contributed by atoms with Crippen molar-refractivity contribution in [1.29, 1.82) is 0 Å². The zero-order chi connectivity index (χ0) is 16.0. The number of ketones is 1. The van der Waals surface area contributed by atoms with Gasteiger partial charge in [0, 0.05) is 24.7 Å². The van der Waals surface area contributed by atoms with Crippen LogP contribution in [0.4, 0.5) is 0 Å². The van der Waals surface area contributed by atoms with Gasteiger partial charge in [-0.25, -0.2) is 0 Å². The maximum Gasteiger partial charge on any atom is 0.139 e. The summed E-state index contributed by atoms with van der Waals surface area (Å²) in [4.78, 5) is 34.7. The highest BCUT2D eigenvalue weighted by Crippen LogP contribution is 2.63. The molecule has 0 aromatic heterocycles. The Morgan fingerprint density at radius 2 is 1.82 bits per heavy atom. The SMILES string of the molecule is C[C@]1(CC=O)[C@H](CC=O)CC[C@@H]2[C@@H]1CC[C@]1(C)C(=O)CC[C@@H]21. The van der Waals surface area contributed by atoms with E-state index in [0.717, 1.165) is 51.1 Å². The van der Waals surface area contributed by atoms with E-state index >= 15 is 0 Å². The minimum atomic E-state index is -0.110. The van der Waals surface area contributed by atoms with Crippen LogP contribution in [0.1, 0.15) is 65.2 Å². The average Bonchev–Trinajstić information content (AvgIpc) is 2.79. The van der Waals surface area contributed by atoms with Gasteiger partial charge in [0.15, 0.2) is 0 Å². The van der Waals surface area contributed by atoms with Gasteiger partial charge in [-0.2, -0.15) is 0 Å². The van der Waals surface area contributed by atoms with Gasteiger partial charge in [0.1, 0.15) is 18.4 Å². The lowest BCUT2D eigenvalue weighted by Gasteiger charge is -2.57. The van der Waals surface area contributed by atoms with Gasteiger partial charge in [-0.05, 0) is 61.2 Å². The maximum absolute atomic E-state index is 12.4. The van der Waals surface area contributed by atoms with Crippen molar-refractivity contribution in [2.24, 2.45) is 34.5 Å². The highest BCUT2D eigenvalue weighted by Gasteiger charge is 2.59. The second-order valence-electron chi connectivity index (χ2n) is 8.35. The molecule has 3 saturated carbocycles. The van der Waals surface area contributed by atoms with E-state index in [9.17, 15) is 14.4 Å². The van der Waals surface area contributed by atoms with Crippen molar-refractivity contribution >= 4 is 18.4 Å². The molecule has 6 atom stereocenters. The van der Waals surface area contributed by atoms with E-state index < -0.39 is 0 Å². The number of rotatable bonds is 4. The molecule has 0 bridgehead atoms. The molecule has 0 amide bonds. The van der Waals surface area contributed by atoms with Gasteiger partial charge in [-0.1, -0.05) is 13.8 Å². The molecule has 0 aliphatic heterocycles. The van der Waals surface area contributed by atoms with Crippen molar-refractivity contribution in [1.82, 2.24) is 0 Å². The summed E-state index contributed by atoms with van der Waals surface area (Å²) in [6, 6.07) is 0. The highest BCUT2D eigenvalue weighted by atomic mass is 16.1. The predicted molar refractivity (Wildman–Crippen MR) is 84.2 cm³/mol. The maximum atomic E-state index is 12.4. The molecule has 0 heterocycles. The molecule has 3 rings (SSSR count). The molecule has 122 valence electrons. The lowest BCUT2D eigenvalue weighted by atomic mass is 9.47. The Kier molecular flexibility index (Phi) is 4.03. The number of Topliss-reactive ketones (excluding diaryl/α,β-unsaturated/α-hetero) is 1. The summed E-state index contributed by atoms with van der Waals surface area (Å²) in [6.45, 7) is 4.41. The van der Waals surface area contributed by atoms with Crippen molar-refractivity contribution in [3.63, 3.8) is 0 Å². The molecule has 0 aromatic carbocycles. The molecule has 0 N–H and O–H groups in total. The molecule has 0 spiro atoms. The Balaban J connectivity index is 1.91. The van der Waals surface area contributed by atoms with Crippen molar-refractivity contribution in [3.8, 4) is 0 Å². The summed E-state index contributed by atoms with van der Waals surface area (Å²) in [5.41, 5.74) is -0.167. The second-order valence-corrected chi connectivity index (χ2v) is 8.35. The molecule has 3 aliphatic carbocycles. The summed E-state index contributed by atoms with van der Waals surface area (Å²) in [7, 11) is 0. The molecule has 3 nitrogen and oxygen atoms in total. The lowest BCUT2D eigenvalue weighted by molar-refractivity contribution is -0.139. The predicted octanol–water partition coefficient (Wildman–Crippen LogP) is 3.59. The molecule has 3 fully saturated rings. The van der Waals surface area contributed by atoms with Gasteiger partial charge in [0.2, 0.25) is 0 Å². The Hall–Kier alpha value is -0.990. The molecule has 0 radical (unpaired) electrons. The van der Waals surface area contributed by atoms with Crippen LogP contribution in [0.3, 0.4) is 0 Å². The third-order valence-electron chi connectivity index (χ3n) is 7.68. The summed E-state index contributed by atoms with van der Waals surface area (Å²) < 4.78 is 0. The van der Waals surface area contributed by atoms with Gasteiger partial charge < -0.3 is 9.59 Å². The van der Waals surface area contributed by atoms with E-state index in [0.29, 0.717) is 42.3 Å². The average molecular weight is 304 g/mol. The van der Waals surface area contributed by atoms with Crippen LogP contribution in [0.2, 0.25) is 0 Å². The van der Waals surface area contributed by atoms with Crippen molar-refractivity contribution in [2.75, 3.05) is 0 Å². The Morgan fingerprint density at radius 1 is 1.05 bits per heavy atom. The monoisotopic (exact) mass is 304 g/mol. The standard InChI is InChI=1S/C19H28O3/c1-18(10-12-21)13(8-11-20)3-4-14-15-5-6-17(22)19(15,2)9-7-16(14)18/h11-16H,3-10H2,1-2H3/t13-,14-,15-,16-,18-,19-/m0/s1. The van der Waals surface area contributed by atoms with Crippen LogP contribution in [-0.2, 0) is 14.4 Å². The smallest absolute Gasteiger partial charge is 0.139 e. The molecule has 0 saturated heterocycles. The number of hydrogen-bond acceptors (Lipinski definition) is 3.